The lowest BCUT2D eigenvalue weighted by Gasteiger charge is -2.15. The fraction of sp³-hybridized carbons (Fsp3) is 0.533. The molecule has 0 aliphatic heterocycles. The van der Waals surface area contributed by atoms with Crippen LogP contribution in [0.25, 0.3) is 0 Å². The summed E-state index contributed by atoms with van der Waals surface area (Å²) in [5.74, 6) is -0.235. The van der Waals surface area contributed by atoms with E-state index in [1.54, 1.807) is 0 Å². The first-order valence-corrected chi connectivity index (χ1v) is 6.85. The molecule has 2 unspecified atom stereocenters. The normalized spacial score (nSPS) is 13.9. The number of halogens is 4. The molecule has 0 heterocycles. The number of carbonyl (C=O) groups excluding carboxylic acids is 1. The van der Waals surface area contributed by atoms with Crippen LogP contribution in [0.2, 0.25) is 0 Å². The highest BCUT2D eigenvalue weighted by atomic mass is 35.5. The van der Waals surface area contributed by atoms with Gasteiger partial charge in [-0.2, -0.15) is 13.2 Å². The van der Waals surface area contributed by atoms with E-state index in [1.807, 2.05) is 20.9 Å². The van der Waals surface area contributed by atoms with Gasteiger partial charge in [0.2, 0.25) is 5.91 Å². The van der Waals surface area contributed by atoms with Crippen LogP contribution in [0.1, 0.15) is 37.3 Å². The molecule has 22 heavy (non-hydrogen) atoms. The number of rotatable bonds is 6. The van der Waals surface area contributed by atoms with E-state index < -0.39 is 11.7 Å². The quantitative estimate of drug-likeness (QED) is 0.835. The molecule has 0 bridgehead atoms. The molecule has 2 N–H and O–H groups in total. The minimum Gasteiger partial charge on any atom is -0.355 e. The van der Waals surface area contributed by atoms with Crippen LogP contribution in [0.4, 0.5) is 13.2 Å². The Labute approximate surface area is 135 Å². The molecule has 1 aromatic carbocycles. The molecule has 0 fully saturated rings. The van der Waals surface area contributed by atoms with Crippen LogP contribution in [0.5, 0.6) is 0 Å². The summed E-state index contributed by atoms with van der Waals surface area (Å²) in [6.07, 6.45) is -4.08. The summed E-state index contributed by atoms with van der Waals surface area (Å²) in [6.45, 7) is 4.29. The number of carbonyl (C=O) groups is 1. The highest BCUT2D eigenvalue weighted by Gasteiger charge is 2.30. The molecule has 1 aromatic rings. The van der Waals surface area contributed by atoms with E-state index in [1.165, 1.54) is 12.1 Å². The molecule has 3 nitrogen and oxygen atoms in total. The van der Waals surface area contributed by atoms with Gasteiger partial charge in [-0.05, 0) is 37.6 Å². The SMILES string of the molecule is CNC(C)CNC(=O)CC(C)c1ccc(C(F)(F)F)cc1.Cl. The van der Waals surface area contributed by atoms with Crippen LogP contribution < -0.4 is 10.6 Å². The van der Waals surface area contributed by atoms with Crippen LogP contribution in [-0.2, 0) is 11.0 Å². The number of nitrogens with one attached hydrogen (secondary N) is 2. The third kappa shape index (κ3) is 6.66. The molecule has 2 atom stereocenters. The van der Waals surface area contributed by atoms with Gasteiger partial charge >= 0.3 is 6.18 Å². The van der Waals surface area contributed by atoms with Crippen molar-refractivity contribution in [1.29, 1.82) is 0 Å². The van der Waals surface area contributed by atoms with Gasteiger partial charge in [-0.15, -0.1) is 12.4 Å². The average molecular weight is 339 g/mol. The summed E-state index contributed by atoms with van der Waals surface area (Å²) in [6, 6.07) is 5.13. The maximum atomic E-state index is 12.5. The summed E-state index contributed by atoms with van der Waals surface area (Å²) in [7, 11) is 1.81. The molecule has 0 spiro atoms. The molecular formula is C15H22ClF3N2O. The lowest BCUT2D eigenvalue weighted by atomic mass is 9.96. The van der Waals surface area contributed by atoms with Crippen molar-refractivity contribution in [1.82, 2.24) is 10.6 Å². The Kier molecular flexibility index (Phi) is 8.48. The predicted octanol–water partition coefficient (Wildman–Crippen LogP) is 3.34. The number of amides is 1. The van der Waals surface area contributed by atoms with E-state index in [0.29, 0.717) is 6.54 Å². The zero-order chi connectivity index (χ0) is 16.0. The van der Waals surface area contributed by atoms with Gasteiger partial charge in [0.25, 0.3) is 0 Å². The van der Waals surface area contributed by atoms with Crippen molar-refractivity contribution < 1.29 is 18.0 Å². The third-order valence-corrected chi connectivity index (χ3v) is 3.40. The standard InChI is InChI=1S/C15H21F3N2O.ClH/c1-10(8-14(21)20-9-11(2)19-3)12-4-6-13(7-5-12)15(16,17)18;/h4-7,10-11,19H,8-9H2,1-3H3,(H,20,21);1H. The lowest BCUT2D eigenvalue weighted by molar-refractivity contribution is -0.137. The van der Waals surface area contributed by atoms with Crippen molar-refractivity contribution in [3.8, 4) is 0 Å². The number of hydrogen-bond donors (Lipinski definition) is 2. The molecule has 0 aliphatic rings. The van der Waals surface area contributed by atoms with Crippen LogP contribution in [0.3, 0.4) is 0 Å². The van der Waals surface area contributed by atoms with Crippen molar-refractivity contribution in [2.24, 2.45) is 0 Å². The van der Waals surface area contributed by atoms with Crippen LogP contribution in [-0.4, -0.2) is 25.5 Å². The Morgan fingerprint density at radius 3 is 2.18 bits per heavy atom. The third-order valence-electron chi connectivity index (χ3n) is 3.40. The molecule has 0 saturated heterocycles. The van der Waals surface area contributed by atoms with E-state index in [4.69, 9.17) is 0 Å². The van der Waals surface area contributed by atoms with Gasteiger partial charge in [-0.25, -0.2) is 0 Å². The van der Waals surface area contributed by atoms with E-state index in [-0.39, 0.29) is 36.7 Å². The summed E-state index contributed by atoms with van der Waals surface area (Å²) < 4.78 is 37.4. The van der Waals surface area contributed by atoms with Crippen LogP contribution in [0, 0.1) is 0 Å². The summed E-state index contributed by atoms with van der Waals surface area (Å²) in [5.41, 5.74) is 0.0468. The highest BCUT2D eigenvalue weighted by molar-refractivity contribution is 5.85. The van der Waals surface area contributed by atoms with Crippen molar-refractivity contribution >= 4 is 18.3 Å². The van der Waals surface area contributed by atoms with Gasteiger partial charge in [0, 0.05) is 19.0 Å². The fourth-order valence-electron chi connectivity index (χ4n) is 1.84. The minimum absolute atomic E-state index is 0. The van der Waals surface area contributed by atoms with Crippen molar-refractivity contribution in [2.45, 2.75) is 38.4 Å². The van der Waals surface area contributed by atoms with Gasteiger partial charge in [0.05, 0.1) is 5.56 Å². The fourth-order valence-corrected chi connectivity index (χ4v) is 1.84. The molecule has 1 rings (SSSR count). The highest BCUT2D eigenvalue weighted by Crippen LogP contribution is 2.30. The summed E-state index contributed by atoms with van der Waals surface area (Å²) in [4.78, 5) is 11.8. The molecule has 1 amide bonds. The summed E-state index contributed by atoms with van der Waals surface area (Å²) in [5, 5.41) is 5.79. The molecule has 0 aromatic heterocycles. The maximum absolute atomic E-state index is 12.5. The summed E-state index contributed by atoms with van der Waals surface area (Å²) >= 11 is 0. The molecule has 7 heteroatoms. The monoisotopic (exact) mass is 338 g/mol. The number of alkyl halides is 3. The first kappa shape index (κ1) is 20.7. The van der Waals surface area contributed by atoms with E-state index >= 15 is 0 Å². The second-order valence-corrected chi connectivity index (χ2v) is 5.22. The molecule has 0 saturated carbocycles. The molecule has 0 aliphatic carbocycles. The topological polar surface area (TPSA) is 41.1 Å². The number of hydrogen-bond acceptors (Lipinski definition) is 2. The molecule has 0 radical (unpaired) electrons. The second-order valence-electron chi connectivity index (χ2n) is 5.22. The Balaban J connectivity index is 0.00000441. The van der Waals surface area contributed by atoms with Gasteiger partial charge in [-0.1, -0.05) is 19.1 Å². The van der Waals surface area contributed by atoms with Gasteiger partial charge in [0.15, 0.2) is 0 Å². The largest absolute Gasteiger partial charge is 0.416 e. The van der Waals surface area contributed by atoms with E-state index in [2.05, 4.69) is 10.6 Å². The van der Waals surface area contributed by atoms with Crippen molar-refractivity contribution in [2.75, 3.05) is 13.6 Å². The van der Waals surface area contributed by atoms with Crippen LogP contribution >= 0.6 is 12.4 Å². The number of likely N-dealkylation sites (N-methyl/N-ethyl adjacent to an activating group) is 1. The van der Waals surface area contributed by atoms with Gasteiger partial charge in [0.1, 0.15) is 0 Å². The number of benzene rings is 1. The van der Waals surface area contributed by atoms with Crippen LogP contribution in [0.15, 0.2) is 24.3 Å². The maximum Gasteiger partial charge on any atom is 0.416 e. The average Bonchev–Trinajstić information content (AvgIpc) is 2.43. The van der Waals surface area contributed by atoms with Crippen molar-refractivity contribution in [3.63, 3.8) is 0 Å². The van der Waals surface area contributed by atoms with E-state index in [0.717, 1.165) is 17.7 Å². The first-order valence-electron chi connectivity index (χ1n) is 6.85. The Morgan fingerprint density at radius 1 is 1.18 bits per heavy atom. The van der Waals surface area contributed by atoms with Gasteiger partial charge in [-0.3, -0.25) is 4.79 Å². The smallest absolute Gasteiger partial charge is 0.355 e. The first-order chi connectivity index (χ1) is 9.74. The second kappa shape index (κ2) is 9.00. The Hall–Kier alpha value is -1.27. The zero-order valence-corrected chi connectivity index (χ0v) is 13.6. The molecule has 126 valence electrons. The minimum atomic E-state index is -4.33. The lowest BCUT2D eigenvalue weighted by Crippen LogP contribution is -2.37. The van der Waals surface area contributed by atoms with Gasteiger partial charge < -0.3 is 10.6 Å². The Morgan fingerprint density at radius 2 is 1.73 bits per heavy atom. The Bertz CT molecular complexity index is 463. The molecular weight excluding hydrogens is 317 g/mol. The predicted molar refractivity (Wildman–Crippen MR) is 83.3 cm³/mol. The van der Waals surface area contributed by atoms with Crippen molar-refractivity contribution in [3.05, 3.63) is 35.4 Å². The zero-order valence-electron chi connectivity index (χ0n) is 12.8. The van der Waals surface area contributed by atoms with E-state index in [9.17, 15) is 18.0 Å².